The number of hydrogen-bond donors (Lipinski definition) is 2. The molecule has 0 fully saturated rings. The highest BCUT2D eigenvalue weighted by Gasteiger charge is 2.55. The zero-order chi connectivity index (χ0) is 11.5. The molecule has 5 nitrogen and oxygen atoms in total. The quantitative estimate of drug-likeness (QED) is 0.748. The average Bonchev–Trinajstić information content (AvgIpc) is 2.20. The normalized spacial score (nSPS) is 11.0. The number of rotatable bonds is 4. The summed E-state index contributed by atoms with van der Waals surface area (Å²) >= 11 is 0. The van der Waals surface area contributed by atoms with E-state index in [9.17, 15) is 9.59 Å². The van der Waals surface area contributed by atoms with Crippen molar-refractivity contribution < 1.29 is 24.2 Å². The molecule has 0 atom stereocenters. The summed E-state index contributed by atoms with van der Waals surface area (Å²) in [6.07, 6.45) is 0. The Morgan fingerprint density at radius 2 is 1.60 bits per heavy atom. The smallest absolute Gasteiger partial charge is 0.470 e. The summed E-state index contributed by atoms with van der Waals surface area (Å²) in [6, 6.07) is 7.77. The van der Waals surface area contributed by atoms with Crippen LogP contribution in [0.3, 0.4) is 0 Å². The molecular formula is C9H10O5Si. The summed E-state index contributed by atoms with van der Waals surface area (Å²) in [4.78, 5) is 22.1. The number of carbonyl (C=O) groups is 2. The van der Waals surface area contributed by atoms with Crippen LogP contribution in [0, 0.1) is 0 Å². The SMILES string of the molecule is CO[Si](C(=O)O)(C(=O)O)c1ccccc1. The molecule has 15 heavy (non-hydrogen) atoms. The van der Waals surface area contributed by atoms with E-state index >= 15 is 0 Å². The monoisotopic (exact) mass is 226 g/mol. The Kier molecular flexibility index (Phi) is 3.23. The van der Waals surface area contributed by atoms with Crippen molar-refractivity contribution >= 4 is 24.7 Å². The van der Waals surface area contributed by atoms with E-state index in [1.165, 1.54) is 12.1 Å². The highest BCUT2D eigenvalue weighted by molar-refractivity contribution is 7.26. The topological polar surface area (TPSA) is 83.8 Å². The van der Waals surface area contributed by atoms with E-state index < -0.39 is 19.5 Å². The Labute approximate surface area is 87.1 Å². The third-order valence-electron chi connectivity index (χ3n) is 2.09. The van der Waals surface area contributed by atoms with Crippen molar-refractivity contribution in [3.63, 3.8) is 0 Å². The molecular weight excluding hydrogens is 216 g/mol. The van der Waals surface area contributed by atoms with Gasteiger partial charge in [0.1, 0.15) is 0 Å². The lowest BCUT2D eigenvalue weighted by atomic mass is 10.4. The average molecular weight is 226 g/mol. The van der Waals surface area contributed by atoms with E-state index in [-0.39, 0.29) is 5.19 Å². The van der Waals surface area contributed by atoms with Crippen LogP contribution >= 0.6 is 0 Å². The lowest BCUT2D eigenvalue weighted by Crippen LogP contribution is -2.63. The molecule has 0 spiro atoms. The van der Waals surface area contributed by atoms with Crippen molar-refractivity contribution in [1.29, 1.82) is 0 Å². The van der Waals surface area contributed by atoms with Crippen LogP contribution in [0.25, 0.3) is 0 Å². The minimum atomic E-state index is -3.97. The minimum Gasteiger partial charge on any atom is -0.483 e. The molecule has 0 radical (unpaired) electrons. The summed E-state index contributed by atoms with van der Waals surface area (Å²) in [5, 5.41) is 18.2. The van der Waals surface area contributed by atoms with Gasteiger partial charge < -0.3 is 14.6 Å². The predicted octanol–water partition coefficient (Wildman–Crippen LogP) is 1.00. The maximum Gasteiger partial charge on any atom is 0.470 e. The molecule has 0 heterocycles. The van der Waals surface area contributed by atoms with Crippen LogP contribution in [0.15, 0.2) is 30.3 Å². The zero-order valence-corrected chi connectivity index (χ0v) is 9.01. The highest BCUT2D eigenvalue weighted by Crippen LogP contribution is 2.08. The molecule has 6 heteroatoms. The molecule has 0 aliphatic rings. The zero-order valence-electron chi connectivity index (χ0n) is 8.01. The fraction of sp³-hybridized carbons (Fsp3) is 0.111. The molecule has 1 aromatic rings. The van der Waals surface area contributed by atoms with Gasteiger partial charge >= 0.3 is 19.5 Å². The lowest BCUT2D eigenvalue weighted by molar-refractivity contribution is 0.198. The lowest BCUT2D eigenvalue weighted by Gasteiger charge is -2.19. The molecule has 0 aromatic heterocycles. The molecule has 0 amide bonds. The Bertz CT molecular complexity index is 361. The fourth-order valence-corrected chi connectivity index (χ4v) is 3.23. The molecule has 80 valence electrons. The van der Waals surface area contributed by atoms with Gasteiger partial charge in [0.2, 0.25) is 0 Å². The van der Waals surface area contributed by atoms with E-state index in [1.807, 2.05) is 0 Å². The molecule has 2 N–H and O–H groups in total. The van der Waals surface area contributed by atoms with Crippen molar-refractivity contribution in [2.45, 2.75) is 0 Å². The summed E-state index contributed by atoms with van der Waals surface area (Å²) in [6.45, 7) is 0. The van der Waals surface area contributed by atoms with Gasteiger partial charge in [-0.25, -0.2) is 0 Å². The number of carboxylic acid groups (broad SMARTS) is 2. The summed E-state index contributed by atoms with van der Waals surface area (Å²) in [5.74, 6) is 0. The first-order chi connectivity index (χ1) is 7.05. The summed E-state index contributed by atoms with van der Waals surface area (Å²) in [5.41, 5.74) is -2.83. The first kappa shape index (κ1) is 11.4. The maximum absolute atomic E-state index is 11.1. The van der Waals surface area contributed by atoms with E-state index in [0.717, 1.165) is 7.11 Å². The van der Waals surface area contributed by atoms with Gasteiger partial charge in [-0.15, -0.1) is 0 Å². The fourth-order valence-electron chi connectivity index (χ4n) is 1.30. The summed E-state index contributed by atoms with van der Waals surface area (Å²) in [7, 11) is -2.85. The Morgan fingerprint density at radius 1 is 1.13 bits per heavy atom. The van der Waals surface area contributed by atoms with Gasteiger partial charge in [0, 0.05) is 7.11 Å². The Balaban J connectivity index is 3.35. The molecule has 0 saturated carbocycles. The van der Waals surface area contributed by atoms with Crippen LogP contribution in [0.5, 0.6) is 0 Å². The number of benzene rings is 1. The van der Waals surface area contributed by atoms with Crippen LogP contribution in [0.1, 0.15) is 0 Å². The van der Waals surface area contributed by atoms with Crippen LogP contribution in [0.2, 0.25) is 0 Å². The van der Waals surface area contributed by atoms with Crippen LogP contribution in [0.4, 0.5) is 9.59 Å². The van der Waals surface area contributed by atoms with Crippen molar-refractivity contribution in [3.05, 3.63) is 30.3 Å². The van der Waals surface area contributed by atoms with Crippen LogP contribution in [-0.4, -0.2) is 36.8 Å². The van der Waals surface area contributed by atoms with Crippen molar-refractivity contribution in [3.8, 4) is 0 Å². The van der Waals surface area contributed by atoms with Gasteiger partial charge in [-0.3, -0.25) is 9.59 Å². The minimum absolute atomic E-state index is 0.215. The first-order valence-electron chi connectivity index (χ1n) is 4.13. The van der Waals surface area contributed by atoms with Crippen molar-refractivity contribution in [2.75, 3.05) is 7.11 Å². The van der Waals surface area contributed by atoms with Gasteiger partial charge in [-0.05, 0) is 5.19 Å². The van der Waals surface area contributed by atoms with E-state index in [0.29, 0.717) is 0 Å². The second-order valence-electron chi connectivity index (χ2n) is 2.86. The standard InChI is InChI=1S/C9H10O5Si/c1-14-15(8(10)11,9(12)13)7-5-3-2-4-6-7/h2-6H,1H3,(H,10,11)(H,12,13). The van der Waals surface area contributed by atoms with Crippen molar-refractivity contribution in [2.24, 2.45) is 0 Å². The van der Waals surface area contributed by atoms with Gasteiger partial charge in [-0.1, -0.05) is 30.3 Å². The molecule has 1 aromatic carbocycles. The Hall–Kier alpha value is -1.66. The van der Waals surface area contributed by atoms with E-state index in [4.69, 9.17) is 14.6 Å². The molecule has 0 bridgehead atoms. The largest absolute Gasteiger partial charge is 0.483 e. The maximum atomic E-state index is 11.1. The molecule has 0 aliphatic heterocycles. The predicted molar refractivity (Wildman–Crippen MR) is 54.9 cm³/mol. The molecule has 0 aliphatic carbocycles. The second kappa shape index (κ2) is 4.24. The van der Waals surface area contributed by atoms with Crippen LogP contribution < -0.4 is 5.19 Å². The van der Waals surface area contributed by atoms with Crippen LogP contribution in [-0.2, 0) is 4.43 Å². The third-order valence-corrected chi connectivity index (χ3v) is 5.05. The van der Waals surface area contributed by atoms with E-state index in [2.05, 4.69) is 0 Å². The highest BCUT2D eigenvalue weighted by atomic mass is 28.4. The first-order valence-corrected chi connectivity index (χ1v) is 6.04. The molecule has 0 unspecified atom stereocenters. The van der Waals surface area contributed by atoms with Gasteiger partial charge in [0.05, 0.1) is 0 Å². The van der Waals surface area contributed by atoms with Gasteiger partial charge in [-0.2, -0.15) is 0 Å². The Morgan fingerprint density at radius 3 is 1.93 bits per heavy atom. The number of hydrogen-bond acceptors (Lipinski definition) is 3. The second-order valence-corrected chi connectivity index (χ2v) is 6.07. The van der Waals surface area contributed by atoms with Gasteiger partial charge in [0.25, 0.3) is 0 Å². The summed E-state index contributed by atoms with van der Waals surface area (Å²) < 4.78 is 4.79. The van der Waals surface area contributed by atoms with Crippen molar-refractivity contribution in [1.82, 2.24) is 0 Å². The molecule has 0 saturated heterocycles. The van der Waals surface area contributed by atoms with Gasteiger partial charge in [0.15, 0.2) is 0 Å². The molecule has 1 rings (SSSR count). The van der Waals surface area contributed by atoms with E-state index in [1.54, 1.807) is 18.2 Å². The third kappa shape index (κ3) is 1.76.